The highest BCUT2D eigenvalue weighted by molar-refractivity contribution is 5.79. The van der Waals surface area contributed by atoms with Crippen LogP contribution in [-0.2, 0) is 6.54 Å². The average Bonchev–Trinajstić information content (AvgIpc) is 2.40. The Morgan fingerprint density at radius 3 is 2.83 bits per heavy atom. The molecule has 0 aliphatic heterocycles. The van der Waals surface area contributed by atoms with E-state index in [9.17, 15) is 0 Å². The predicted octanol–water partition coefficient (Wildman–Crippen LogP) is 1.89. The van der Waals surface area contributed by atoms with Crippen LogP contribution in [-0.4, -0.2) is 38.6 Å². The molecule has 1 rings (SSSR count). The highest BCUT2D eigenvalue weighted by atomic mass is 16.5. The van der Waals surface area contributed by atoms with Gasteiger partial charge in [0.25, 0.3) is 0 Å². The standard InChI is InChI=1S/C14H21N3O/c1-5-10-16-14(15-2)17(3)11-12-8-6-7-9-13(12)18-4/h5-9H,1,10-11H2,2-4H3,(H,15,16). The van der Waals surface area contributed by atoms with Crippen molar-refractivity contribution < 1.29 is 4.74 Å². The van der Waals surface area contributed by atoms with Crippen LogP contribution in [0.3, 0.4) is 0 Å². The van der Waals surface area contributed by atoms with E-state index in [1.807, 2.05) is 36.2 Å². The fourth-order valence-corrected chi connectivity index (χ4v) is 1.71. The molecule has 0 spiro atoms. The van der Waals surface area contributed by atoms with Gasteiger partial charge in [-0.1, -0.05) is 24.3 Å². The van der Waals surface area contributed by atoms with Gasteiger partial charge in [0, 0.05) is 32.7 Å². The molecule has 18 heavy (non-hydrogen) atoms. The maximum atomic E-state index is 5.34. The Hall–Kier alpha value is -1.97. The summed E-state index contributed by atoms with van der Waals surface area (Å²) in [5, 5.41) is 3.19. The lowest BCUT2D eigenvalue weighted by atomic mass is 10.2. The molecule has 4 nitrogen and oxygen atoms in total. The van der Waals surface area contributed by atoms with Gasteiger partial charge in [-0.15, -0.1) is 6.58 Å². The van der Waals surface area contributed by atoms with Gasteiger partial charge in [-0.3, -0.25) is 4.99 Å². The Balaban J connectivity index is 2.73. The van der Waals surface area contributed by atoms with E-state index >= 15 is 0 Å². The summed E-state index contributed by atoms with van der Waals surface area (Å²) in [7, 11) is 5.44. The van der Waals surface area contributed by atoms with Gasteiger partial charge in [-0.25, -0.2) is 0 Å². The Kier molecular flexibility index (Phi) is 5.77. The molecule has 0 bridgehead atoms. The first-order chi connectivity index (χ1) is 8.72. The summed E-state index contributed by atoms with van der Waals surface area (Å²) in [5.74, 6) is 1.73. The number of hydrogen-bond donors (Lipinski definition) is 1. The van der Waals surface area contributed by atoms with E-state index in [2.05, 4.69) is 23.0 Å². The van der Waals surface area contributed by atoms with Crippen molar-refractivity contribution in [1.82, 2.24) is 10.2 Å². The van der Waals surface area contributed by atoms with E-state index in [4.69, 9.17) is 4.74 Å². The van der Waals surface area contributed by atoms with Crippen molar-refractivity contribution in [3.05, 3.63) is 42.5 Å². The molecule has 0 aliphatic rings. The molecule has 0 atom stereocenters. The van der Waals surface area contributed by atoms with Crippen molar-refractivity contribution in [2.75, 3.05) is 27.7 Å². The molecule has 0 unspecified atom stereocenters. The van der Waals surface area contributed by atoms with Gasteiger partial charge in [-0.05, 0) is 6.07 Å². The molecular formula is C14H21N3O. The normalized spacial score (nSPS) is 10.9. The fraction of sp³-hybridized carbons (Fsp3) is 0.357. The molecule has 0 fully saturated rings. The van der Waals surface area contributed by atoms with E-state index in [0.717, 1.165) is 23.8 Å². The van der Waals surface area contributed by atoms with Crippen molar-refractivity contribution in [1.29, 1.82) is 0 Å². The Morgan fingerprint density at radius 2 is 2.22 bits per heavy atom. The van der Waals surface area contributed by atoms with E-state index in [-0.39, 0.29) is 0 Å². The zero-order valence-electron chi connectivity index (χ0n) is 11.3. The predicted molar refractivity (Wildman–Crippen MR) is 76.0 cm³/mol. The van der Waals surface area contributed by atoms with E-state index in [0.29, 0.717) is 6.54 Å². The van der Waals surface area contributed by atoms with Crippen LogP contribution < -0.4 is 10.1 Å². The quantitative estimate of drug-likeness (QED) is 0.490. The van der Waals surface area contributed by atoms with E-state index in [1.165, 1.54) is 0 Å². The number of hydrogen-bond acceptors (Lipinski definition) is 2. The minimum atomic E-state index is 0.697. The van der Waals surface area contributed by atoms with Crippen LogP contribution in [0.5, 0.6) is 5.75 Å². The molecule has 1 aromatic rings. The number of methoxy groups -OCH3 is 1. The zero-order valence-corrected chi connectivity index (χ0v) is 11.3. The Morgan fingerprint density at radius 1 is 1.50 bits per heavy atom. The van der Waals surface area contributed by atoms with Gasteiger partial charge in [0.15, 0.2) is 5.96 Å². The fourth-order valence-electron chi connectivity index (χ4n) is 1.71. The molecule has 1 N–H and O–H groups in total. The molecule has 0 radical (unpaired) electrons. The number of benzene rings is 1. The molecule has 98 valence electrons. The molecule has 0 amide bonds. The van der Waals surface area contributed by atoms with Gasteiger partial charge in [-0.2, -0.15) is 0 Å². The minimum absolute atomic E-state index is 0.697. The van der Waals surface area contributed by atoms with Crippen molar-refractivity contribution in [3.63, 3.8) is 0 Å². The highest BCUT2D eigenvalue weighted by Crippen LogP contribution is 2.18. The van der Waals surface area contributed by atoms with Crippen LogP contribution in [0.15, 0.2) is 41.9 Å². The lowest BCUT2D eigenvalue weighted by molar-refractivity contribution is 0.396. The molecule has 0 aliphatic carbocycles. The maximum Gasteiger partial charge on any atom is 0.193 e. The third kappa shape index (κ3) is 3.80. The topological polar surface area (TPSA) is 36.9 Å². The SMILES string of the molecule is C=CCNC(=NC)N(C)Cc1ccccc1OC. The van der Waals surface area contributed by atoms with E-state index in [1.54, 1.807) is 14.2 Å². The van der Waals surface area contributed by atoms with Crippen LogP contribution in [0.1, 0.15) is 5.56 Å². The van der Waals surface area contributed by atoms with Gasteiger partial charge in [0.2, 0.25) is 0 Å². The largest absolute Gasteiger partial charge is 0.496 e. The smallest absolute Gasteiger partial charge is 0.193 e. The minimum Gasteiger partial charge on any atom is -0.496 e. The second kappa shape index (κ2) is 7.37. The van der Waals surface area contributed by atoms with Gasteiger partial charge in [0.05, 0.1) is 7.11 Å². The van der Waals surface area contributed by atoms with E-state index < -0.39 is 0 Å². The number of guanidine groups is 1. The van der Waals surface area contributed by atoms with Crippen LogP contribution >= 0.6 is 0 Å². The summed E-state index contributed by atoms with van der Waals surface area (Å²) in [6.07, 6.45) is 1.81. The second-order valence-corrected chi connectivity index (χ2v) is 3.88. The van der Waals surface area contributed by atoms with Gasteiger partial charge in [0.1, 0.15) is 5.75 Å². The summed E-state index contributed by atoms with van der Waals surface area (Å²) in [6.45, 7) is 5.12. The van der Waals surface area contributed by atoms with Crippen molar-refractivity contribution in [3.8, 4) is 5.75 Å². The lowest BCUT2D eigenvalue weighted by Crippen LogP contribution is -2.38. The first kappa shape index (κ1) is 14.1. The number of aliphatic imine (C=N–C) groups is 1. The molecule has 0 aromatic heterocycles. The summed E-state index contributed by atoms with van der Waals surface area (Å²) >= 11 is 0. The molecule has 1 aromatic carbocycles. The molecule has 0 heterocycles. The zero-order chi connectivity index (χ0) is 13.4. The average molecular weight is 247 g/mol. The molecule has 0 saturated heterocycles. The summed E-state index contributed by atoms with van der Waals surface area (Å²) in [4.78, 5) is 6.26. The molecule has 0 saturated carbocycles. The van der Waals surface area contributed by atoms with Crippen molar-refractivity contribution in [2.45, 2.75) is 6.54 Å². The number of ether oxygens (including phenoxy) is 1. The molecule has 4 heteroatoms. The Labute approximate surface area is 109 Å². The number of rotatable bonds is 5. The molecular weight excluding hydrogens is 226 g/mol. The third-order valence-electron chi connectivity index (χ3n) is 2.58. The number of para-hydroxylation sites is 1. The summed E-state index contributed by atoms with van der Waals surface area (Å²) in [5.41, 5.74) is 1.13. The van der Waals surface area contributed by atoms with Crippen LogP contribution in [0.25, 0.3) is 0 Å². The maximum absolute atomic E-state index is 5.34. The second-order valence-electron chi connectivity index (χ2n) is 3.88. The lowest BCUT2D eigenvalue weighted by Gasteiger charge is -2.22. The number of nitrogens with zero attached hydrogens (tertiary/aromatic N) is 2. The summed E-state index contributed by atoms with van der Waals surface area (Å²) in [6, 6.07) is 7.98. The highest BCUT2D eigenvalue weighted by Gasteiger charge is 2.08. The van der Waals surface area contributed by atoms with Crippen LogP contribution in [0.2, 0.25) is 0 Å². The Bertz CT molecular complexity index is 415. The van der Waals surface area contributed by atoms with Crippen LogP contribution in [0.4, 0.5) is 0 Å². The summed E-state index contributed by atoms with van der Waals surface area (Å²) < 4.78 is 5.34. The first-order valence-corrected chi connectivity index (χ1v) is 5.87. The van der Waals surface area contributed by atoms with Crippen molar-refractivity contribution in [2.24, 2.45) is 4.99 Å². The van der Waals surface area contributed by atoms with Gasteiger partial charge >= 0.3 is 0 Å². The monoisotopic (exact) mass is 247 g/mol. The third-order valence-corrected chi connectivity index (χ3v) is 2.58. The van der Waals surface area contributed by atoms with Crippen LogP contribution in [0, 0.1) is 0 Å². The first-order valence-electron chi connectivity index (χ1n) is 5.87. The number of nitrogens with one attached hydrogen (secondary N) is 1. The van der Waals surface area contributed by atoms with Crippen molar-refractivity contribution >= 4 is 5.96 Å². The van der Waals surface area contributed by atoms with Gasteiger partial charge < -0.3 is 15.0 Å².